The molecule has 1 saturated heterocycles. The largest absolute Gasteiger partial charge is 0.445 e. The molecule has 1 atom stereocenters. The first-order valence-electron chi connectivity index (χ1n) is 6.68. The number of rotatable bonds is 4. The molecule has 1 aromatic rings. The second kappa shape index (κ2) is 5.10. The highest BCUT2D eigenvalue weighted by atomic mass is 16.5. The topological polar surface area (TPSA) is 64.4 Å². The molecule has 3 rings (SSSR count). The predicted octanol–water partition coefficient (Wildman–Crippen LogP) is 2.06. The van der Waals surface area contributed by atoms with E-state index in [1.165, 1.54) is 25.7 Å². The number of hydrogen-bond acceptors (Lipinski definition) is 4. The van der Waals surface area contributed by atoms with E-state index in [-0.39, 0.29) is 12.0 Å². The Bertz CT molecular complexity index is 420. The van der Waals surface area contributed by atoms with Crippen LogP contribution >= 0.6 is 0 Å². The van der Waals surface area contributed by atoms with E-state index in [0.717, 1.165) is 26.0 Å². The molecule has 0 bridgehead atoms. The molecule has 0 spiro atoms. The van der Waals surface area contributed by atoms with E-state index < -0.39 is 0 Å². The number of nitrogens with one attached hydrogen (secondary N) is 1. The lowest BCUT2D eigenvalue weighted by Gasteiger charge is -2.25. The maximum atomic E-state index is 12.0. The van der Waals surface area contributed by atoms with Crippen LogP contribution in [0.25, 0.3) is 0 Å². The van der Waals surface area contributed by atoms with Crippen molar-refractivity contribution in [3.63, 3.8) is 0 Å². The van der Waals surface area contributed by atoms with Gasteiger partial charge < -0.3 is 14.5 Å². The van der Waals surface area contributed by atoms with Gasteiger partial charge in [0, 0.05) is 13.2 Å². The minimum absolute atomic E-state index is 0.100. The zero-order valence-electron chi connectivity index (χ0n) is 10.4. The van der Waals surface area contributed by atoms with Crippen molar-refractivity contribution in [3.8, 4) is 0 Å². The molecular weight excluding hydrogens is 232 g/mol. The van der Waals surface area contributed by atoms with E-state index in [9.17, 15) is 4.79 Å². The Kier molecular flexibility index (Phi) is 3.32. The molecule has 0 radical (unpaired) electrons. The van der Waals surface area contributed by atoms with Crippen LogP contribution in [0.4, 0.5) is 0 Å². The number of hydrogen-bond donors (Lipinski definition) is 1. The van der Waals surface area contributed by atoms with Crippen molar-refractivity contribution in [2.24, 2.45) is 5.92 Å². The van der Waals surface area contributed by atoms with E-state index in [0.29, 0.717) is 17.4 Å². The molecule has 98 valence electrons. The zero-order valence-corrected chi connectivity index (χ0v) is 10.4. The summed E-state index contributed by atoms with van der Waals surface area (Å²) in [6.07, 6.45) is 6.86. The Hall–Kier alpha value is -1.36. The van der Waals surface area contributed by atoms with Gasteiger partial charge >= 0.3 is 0 Å². The zero-order chi connectivity index (χ0) is 12.4. The van der Waals surface area contributed by atoms with Crippen molar-refractivity contribution in [2.75, 3.05) is 13.2 Å². The standard InChI is InChI=1S/C13H18N2O3/c16-13(14-7-9-3-1-4-9)11-12(18-8-15-11)10-5-2-6-17-10/h8-10H,1-7H2,(H,14,16)/t10-/m0/s1. The molecule has 1 aliphatic heterocycles. The van der Waals surface area contributed by atoms with Crippen LogP contribution in [0.1, 0.15) is 54.5 Å². The number of ether oxygens (including phenoxy) is 1. The molecule has 5 heteroatoms. The predicted molar refractivity (Wildman–Crippen MR) is 64.1 cm³/mol. The van der Waals surface area contributed by atoms with Crippen molar-refractivity contribution < 1.29 is 13.9 Å². The molecule has 1 amide bonds. The molecule has 0 unspecified atom stereocenters. The number of amides is 1. The Morgan fingerprint density at radius 2 is 2.28 bits per heavy atom. The summed E-state index contributed by atoms with van der Waals surface area (Å²) in [5.74, 6) is 1.09. The fourth-order valence-electron chi connectivity index (χ4n) is 2.46. The van der Waals surface area contributed by atoms with Gasteiger partial charge in [0.25, 0.3) is 5.91 Å². The van der Waals surface area contributed by atoms with Gasteiger partial charge in [-0.1, -0.05) is 6.42 Å². The first-order chi connectivity index (χ1) is 8.84. The van der Waals surface area contributed by atoms with Gasteiger partial charge in [-0.05, 0) is 31.6 Å². The minimum atomic E-state index is -0.138. The molecule has 1 saturated carbocycles. The van der Waals surface area contributed by atoms with Gasteiger partial charge in [0.05, 0.1) is 0 Å². The maximum absolute atomic E-state index is 12.0. The molecule has 5 nitrogen and oxygen atoms in total. The van der Waals surface area contributed by atoms with Gasteiger partial charge in [-0.25, -0.2) is 4.98 Å². The lowest BCUT2D eigenvalue weighted by Crippen LogP contribution is -2.32. The van der Waals surface area contributed by atoms with Gasteiger partial charge in [0.1, 0.15) is 6.10 Å². The van der Waals surface area contributed by atoms with E-state index in [4.69, 9.17) is 9.15 Å². The highest BCUT2D eigenvalue weighted by Crippen LogP contribution is 2.30. The minimum Gasteiger partial charge on any atom is -0.445 e. The third kappa shape index (κ3) is 2.27. The van der Waals surface area contributed by atoms with Crippen molar-refractivity contribution >= 4 is 5.91 Å². The number of aromatic nitrogens is 1. The normalized spacial score (nSPS) is 23.9. The summed E-state index contributed by atoms with van der Waals surface area (Å²) in [7, 11) is 0. The summed E-state index contributed by atoms with van der Waals surface area (Å²) in [6.45, 7) is 1.48. The SMILES string of the molecule is O=C(NCC1CCC1)c1ncoc1[C@@H]1CCCO1. The average molecular weight is 250 g/mol. The number of carbonyl (C=O) groups is 1. The summed E-state index contributed by atoms with van der Waals surface area (Å²) in [5, 5.41) is 2.93. The van der Waals surface area contributed by atoms with Gasteiger partial charge in [0.2, 0.25) is 0 Å². The lowest BCUT2D eigenvalue weighted by atomic mass is 9.85. The Morgan fingerprint density at radius 1 is 1.39 bits per heavy atom. The molecule has 2 fully saturated rings. The van der Waals surface area contributed by atoms with Crippen molar-refractivity contribution in [3.05, 3.63) is 17.8 Å². The lowest BCUT2D eigenvalue weighted by molar-refractivity contribution is 0.0854. The van der Waals surface area contributed by atoms with Crippen LogP contribution in [-0.2, 0) is 4.74 Å². The van der Waals surface area contributed by atoms with Gasteiger partial charge in [-0.2, -0.15) is 0 Å². The van der Waals surface area contributed by atoms with E-state index in [2.05, 4.69) is 10.3 Å². The third-order valence-electron chi connectivity index (χ3n) is 3.81. The highest BCUT2D eigenvalue weighted by molar-refractivity contribution is 5.93. The van der Waals surface area contributed by atoms with Crippen LogP contribution < -0.4 is 5.32 Å². The first kappa shape index (κ1) is 11.7. The summed E-state index contributed by atoms with van der Waals surface area (Å²) in [6, 6.07) is 0. The molecule has 2 aliphatic rings. The fourth-order valence-corrected chi connectivity index (χ4v) is 2.46. The summed E-state index contributed by atoms with van der Waals surface area (Å²) in [4.78, 5) is 16.1. The van der Waals surface area contributed by atoms with E-state index in [1.54, 1.807) is 0 Å². The Balaban J connectivity index is 1.63. The van der Waals surface area contributed by atoms with E-state index in [1.807, 2.05) is 0 Å². The van der Waals surface area contributed by atoms with Crippen LogP contribution in [0.3, 0.4) is 0 Å². The molecular formula is C13H18N2O3. The van der Waals surface area contributed by atoms with Crippen LogP contribution in [0.5, 0.6) is 0 Å². The monoisotopic (exact) mass is 250 g/mol. The Labute approximate surface area is 106 Å². The maximum Gasteiger partial charge on any atom is 0.273 e. The van der Waals surface area contributed by atoms with E-state index >= 15 is 0 Å². The summed E-state index contributed by atoms with van der Waals surface area (Å²) < 4.78 is 10.9. The molecule has 0 aromatic carbocycles. The smallest absolute Gasteiger partial charge is 0.273 e. The Morgan fingerprint density at radius 3 is 2.94 bits per heavy atom. The summed E-state index contributed by atoms with van der Waals surface area (Å²) in [5.41, 5.74) is 0.390. The van der Waals surface area contributed by atoms with Crippen molar-refractivity contribution in [1.29, 1.82) is 0 Å². The quantitative estimate of drug-likeness (QED) is 0.888. The summed E-state index contributed by atoms with van der Waals surface area (Å²) >= 11 is 0. The first-order valence-corrected chi connectivity index (χ1v) is 6.68. The fraction of sp³-hybridized carbons (Fsp3) is 0.692. The molecule has 18 heavy (non-hydrogen) atoms. The molecule has 1 aromatic heterocycles. The third-order valence-corrected chi connectivity index (χ3v) is 3.81. The van der Waals surface area contributed by atoms with Gasteiger partial charge in [-0.15, -0.1) is 0 Å². The molecule has 2 heterocycles. The average Bonchev–Trinajstić information content (AvgIpc) is 2.97. The van der Waals surface area contributed by atoms with Gasteiger partial charge in [0.15, 0.2) is 17.8 Å². The number of nitrogens with zero attached hydrogens (tertiary/aromatic N) is 1. The second-order valence-electron chi connectivity index (χ2n) is 5.07. The second-order valence-corrected chi connectivity index (χ2v) is 5.07. The van der Waals surface area contributed by atoms with Crippen LogP contribution in [0, 0.1) is 5.92 Å². The van der Waals surface area contributed by atoms with Crippen LogP contribution in [0.2, 0.25) is 0 Å². The van der Waals surface area contributed by atoms with Crippen molar-refractivity contribution in [1.82, 2.24) is 10.3 Å². The van der Waals surface area contributed by atoms with Crippen molar-refractivity contribution in [2.45, 2.75) is 38.2 Å². The molecule has 1 aliphatic carbocycles. The highest BCUT2D eigenvalue weighted by Gasteiger charge is 2.28. The number of oxazole rings is 1. The van der Waals surface area contributed by atoms with Crippen LogP contribution in [-0.4, -0.2) is 24.0 Å². The van der Waals surface area contributed by atoms with Gasteiger partial charge in [-0.3, -0.25) is 4.79 Å². The molecule has 1 N–H and O–H groups in total. The number of carbonyl (C=O) groups excluding carboxylic acids is 1. The van der Waals surface area contributed by atoms with Crippen LogP contribution in [0.15, 0.2) is 10.8 Å².